The van der Waals surface area contributed by atoms with Crippen LogP contribution in [0.2, 0.25) is 0 Å². The quantitative estimate of drug-likeness (QED) is 0.545. The second kappa shape index (κ2) is 11.6. The molecule has 1 aliphatic carbocycles. The van der Waals surface area contributed by atoms with E-state index in [2.05, 4.69) is 29.6 Å². The average molecular weight is 443 g/mol. The fourth-order valence-electron chi connectivity index (χ4n) is 3.90. The molecule has 0 saturated carbocycles. The topological polar surface area (TPSA) is 98.5 Å². The Kier molecular flexibility index (Phi) is 9.12. The fraction of sp³-hybridized carbons (Fsp3) is 0.375. The summed E-state index contributed by atoms with van der Waals surface area (Å²) in [5.41, 5.74) is 9.80. The molecule has 0 fully saturated rings. The number of ketones is 1. The number of nitrogens with one attached hydrogen (secondary N) is 1. The summed E-state index contributed by atoms with van der Waals surface area (Å²) >= 11 is 0. The van der Waals surface area contributed by atoms with E-state index in [1.165, 1.54) is 22.3 Å². The molecular weight excluding hydrogens is 412 g/mol. The van der Waals surface area contributed by atoms with Crippen molar-refractivity contribution in [3.05, 3.63) is 59.7 Å². The highest BCUT2D eigenvalue weighted by Crippen LogP contribution is 2.44. The van der Waals surface area contributed by atoms with E-state index in [-0.39, 0.29) is 50.6 Å². The summed E-state index contributed by atoms with van der Waals surface area (Å²) in [4.78, 5) is 34.8. The first kappa shape index (κ1) is 24.5. The van der Waals surface area contributed by atoms with Gasteiger partial charge in [-0.05, 0) is 35.1 Å². The molecule has 2 aromatic rings. The molecule has 1 aliphatic rings. The average Bonchev–Trinajstić information content (AvgIpc) is 3.07. The standard InChI is InChI=1S/C24H28N2O4.H2S/c1-16(22(27)12-13-23(25)28)7-6-14-26-24(29)30-15-21-19-10-4-2-8-17(19)18-9-3-5-11-20(18)21;/h2-5,8-11,16,21H,6-7,12-15H2,1H3,(H2,25,28)(H,26,29);1H2/t16-;/m0./s1. The lowest BCUT2D eigenvalue weighted by Crippen LogP contribution is -2.27. The number of carbonyl (C=O) groups excluding carboxylic acids is 3. The molecule has 166 valence electrons. The molecule has 0 saturated heterocycles. The maximum Gasteiger partial charge on any atom is 0.407 e. The number of fused-ring (bicyclic) bond motifs is 3. The van der Waals surface area contributed by atoms with Crippen LogP contribution in [0.4, 0.5) is 4.79 Å². The van der Waals surface area contributed by atoms with Crippen molar-refractivity contribution in [1.29, 1.82) is 0 Å². The molecule has 1 atom stereocenters. The lowest BCUT2D eigenvalue weighted by atomic mass is 9.97. The van der Waals surface area contributed by atoms with Crippen LogP contribution >= 0.6 is 13.5 Å². The maximum atomic E-state index is 12.1. The lowest BCUT2D eigenvalue weighted by Gasteiger charge is -2.15. The number of Topliss-reactive ketones (excluding diaryl/α,β-unsaturated/α-hetero) is 1. The van der Waals surface area contributed by atoms with E-state index < -0.39 is 12.0 Å². The molecular formula is C24H30N2O4S. The van der Waals surface area contributed by atoms with Gasteiger partial charge in [0.1, 0.15) is 12.4 Å². The molecule has 2 aromatic carbocycles. The Labute approximate surface area is 190 Å². The molecule has 0 spiro atoms. The van der Waals surface area contributed by atoms with E-state index in [0.717, 1.165) is 0 Å². The van der Waals surface area contributed by atoms with Crippen LogP contribution in [0.1, 0.15) is 49.7 Å². The van der Waals surface area contributed by atoms with Crippen molar-refractivity contribution >= 4 is 31.3 Å². The SMILES string of the molecule is C[C@@H](CCCNC(=O)OCC1c2ccccc2-c2ccccc21)C(=O)CCC(N)=O.S. The molecule has 31 heavy (non-hydrogen) atoms. The fourth-order valence-corrected chi connectivity index (χ4v) is 3.90. The van der Waals surface area contributed by atoms with Crippen molar-refractivity contribution in [2.75, 3.05) is 13.2 Å². The minimum absolute atomic E-state index is 0. The Morgan fingerprint density at radius 3 is 2.16 bits per heavy atom. The predicted octanol–water partition coefficient (Wildman–Crippen LogP) is 3.89. The molecule has 6 nitrogen and oxygen atoms in total. The van der Waals surface area contributed by atoms with Crippen LogP contribution in [0.3, 0.4) is 0 Å². The zero-order valence-electron chi connectivity index (χ0n) is 17.7. The molecule has 0 bridgehead atoms. The van der Waals surface area contributed by atoms with Crippen LogP contribution in [-0.2, 0) is 14.3 Å². The largest absolute Gasteiger partial charge is 0.449 e. The third-order valence-corrected chi connectivity index (χ3v) is 5.59. The van der Waals surface area contributed by atoms with Crippen molar-refractivity contribution in [1.82, 2.24) is 5.32 Å². The molecule has 3 rings (SSSR count). The Hall–Kier alpha value is -2.80. The summed E-state index contributed by atoms with van der Waals surface area (Å²) in [6.45, 7) is 2.54. The molecule has 3 N–H and O–H groups in total. The zero-order valence-corrected chi connectivity index (χ0v) is 18.7. The Morgan fingerprint density at radius 2 is 1.58 bits per heavy atom. The Morgan fingerprint density at radius 1 is 1.00 bits per heavy atom. The molecule has 0 radical (unpaired) electrons. The number of primary amides is 1. The van der Waals surface area contributed by atoms with Crippen LogP contribution in [0.5, 0.6) is 0 Å². The Bertz CT molecular complexity index is 886. The highest BCUT2D eigenvalue weighted by molar-refractivity contribution is 7.59. The van der Waals surface area contributed by atoms with Gasteiger partial charge >= 0.3 is 6.09 Å². The summed E-state index contributed by atoms with van der Waals surface area (Å²) in [5, 5.41) is 2.75. The molecule has 0 heterocycles. The Balaban J connectivity index is 0.00000341. The van der Waals surface area contributed by atoms with Crippen LogP contribution in [0.15, 0.2) is 48.5 Å². The minimum atomic E-state index is -0.465. The van der Waals surface area contributed by atoms with Gasteiger partial charge in [0.25, 0.3) is 0 Å². The van der Waals surface area contributed by atoms with Crippen LogP contribution in [0.25, 0.3) is 11.1 Å². The smallest absolute Gasteiger partial charge is 0.407 e. The number of nitrogens with two attached hydrogens (primary N) is 1. The van der Waals surface area contributed by atoms with Gasteiger partial charge < -0.3 is 15.8 Å². The van der Waals surface area contributed by atoms with E-state index in [1.54, 1.807) is 0 Å². The number of carbonyl (C=O) groups is 3. The molecule has 0 aliphatic heterocycles. The summed E-state index contributed by atoms with van der Waals surface area (Å²) in [6, 6.07) is 16.4. The normalized spacial score (nSPS) is 12.8. The van der Waals surface area contributed by atoms with Crippen LogP contribution < -0.4 is 11.1 Å². The van der Waals surface area contributed by atoms with Crippen LogP contribution in [-0.4, -0.2) is 30.9 Å². The number of hydrogen-bond donors (Lipinski definition) is 2. The summed E-state index contributed by atoms with van der Waals surface area (Å²) in [6.07, 6.45) is 1.11. The van der Waals surface area contributed by atoms with Gasteiger partial charge in [0.05, 0.1) is 0 Å². The first-order valence-corrected chi connectivity index (χ1v) is 10.4. The first-order valence-electron chi connectivity index (χ1n) is 10.4. The highest BCUT2D eigenvalue weighted by atomic mass is 32.1. The van der Waals surface area contributed by atoms with Crippen molar-refractivity contribution < 1.29 is 19.1 Å². The predicted molar refractivity (Wildman–Crippen MR) is 125 cm³/mol. The first-order chi connectivity index (χ1) is 14.5. The minimum Gasteiger partial charge on any atom is -0.449 e. The number of ether oxygens (including phenoxy) is 1. The molecule has 2 amide bonds. The van der Waals surface area contributed by atoms with Gasteiger partial charge in [-0.2, -0.15) is 13.5 Å². The zero-order chi connectivity index (χ0) is 21.5. The van der Waals surface area contributed by atoms with Crippen molar-refractivity contribution in [3.8, 4) is 11.1 Å². The van der Waals surface area contributed by atoms with Crippen LogP contribution in [0, 0.1) is 5.92 Å². The second-order valence-electron chi connectivity index (χ2n) is 7.73. The van der Waals surface area contributed by atoms with Gasteiger partial charge in [-0.25, -0.2) is 4.79 Å². The van der Waals surface area contributed by atoms with Gasteiger partial charge in [-0.1, -0.05) is 55.5 Å². The summed E-state index contributed by atoms with van der Waals surface area (Å²) in [5.74, 6) is -0.567. The van der Waals surface area contributed by atoms with Crippen molar-refractivity contribution in [3.63, 3.8) is 0 Å². The molecule has 0 aromatic heterocycles. The third-order valence-electron chi connectivity index (χ3n) is 5.59. The molecule has 7 heteroatoms. The van der Waals surface area contributed by atoms with E-state index in [0.29, 0.717) is 19.4 Å². The van der Waals surface area contributed by atoms with Crippen molar-refractivity contribution in [2.24, 2.45) is 11.7 Å². The van der Waals surface area contributed by atoms with E-state index in [4.69, 9.17) is 10.5 Å². The number of benzene rings is 2. The third kappa shape index (κ3) is 6.34. The highest BCUT2D eigenvalue weighted by Gasteiger charge is 2.28. The van der Waals surface area contributed by atoms with E-state index in [1.807, 2.05) is 31.2 Å². The van der Waals surface area contributed by atoms with Gasteiger partial charge in [0, 0.05) is 31.2 Å². The summed E-state index contributed by atoms with van der Waals surface area (Å²) < 4.78 is 5.49. The monoisotopic (exact) mass is 442 g/mol. The van der Waals surface area contributed by atoms with Gasteiger partial charge in [0.2, 0.25) is 5.91 Å². The number of rotatable bonds is 10. The van der Waals surface area contributed by atoms with Gasteiger partial charge in [-0.3, -0.25) is 9.59 Å². The van der Waals surface area contributed by atoms with E-state index >= 15 is 0 Å². The van der Waals surface area contributed by atoms with Gasteiger partial charge in [-0.15, -0.1) is 0 Å². The maximum absolute atomic E-state index is 12.1. The number of hydrogen-bond acceptors (Lipinski definition) is 4. The number of amides is 2. The summed E-state index contributed by atoms with van der Waals surface area (Å²) in [7, 11) is 0. The van der Waals surface area contributed by atoms with Crippen molar-refractivity contribution in [2.45, 2.75) is 38.5 Å². The van der Waals surface area contributed by atoms with Gasteiger partial charge in [0.15, 0.2) is 0 Å². The lowest BCUT2D eigenvalue weighted by molar-refractivity contribution is -0.126. The number of alkyl carbamates (subject to hydrolysis) is 1. The second-order valence-corrected chi connectivity index (χ2v) is 7.73. The van der Waals surface area contributed by atoms with E-state index in [9.17, 15) is 14.4 Å². The molecule has 0 unspecified atom stereocenters.